The van der Waals surface area contributed by atoms with Gasteiger partial charge in [0.25, 0.3) is 0 Å². The lowest BCUT2D eigenvalue weighted by Gasteiger charge is -2.55. The Kier molecular flexibility index (Phi) is 9.34. The molecule has 9 nitrogen and oxygen atoms in total. The average Bonchev–Trinajstić information content (AvgIpc) is 3.37. The first kappa shape index (κ1) is 35.9. The van der Waals surface area contributed by atoms with Crippen LogP contribution in [0.25, 0.3) is 5.57 Å². The Morgan fingerprint density at radius 3 is 2.26 bits per heavy atom. The number of allylic oxidation sites excluding steroid dienone is 4. The molecule has 1 aliphatic heterocycles. The number of carboxylic acid groups (broad SMARTS) is 1. The maximum atomic E-state index is 15.1. The fourth-order valence-electron chi connectivity index (χ4n) is 9.19. The van der Waals surface area contributed by atoms with Crippen LogP contribution in [0.1, 0.15) is 61.1 Å². The molecule has 0 spiro atoms. The molecule has 0 radical (unpaired) electrons. The topological polar surface area (TPSA) is 138 Å². The number of ether oxygens (including phenoxy) is 1. The summed E-state index contributed by atoms with van der Waals surface area (Å²) in [5.41, 5.74) is -0.294. The first-order chi connectivity index (χ1) is 25.3. The maximum Gasteiger partial charge on any atom is 0.573 e. The molecule has 2 N–H and O–H groups in total. The van der Waals surface area contributed by atoms with Crippen molar-refractivity contribution < 1.29 is 52.1 Å². The van der Waals surface area contributed by atoms with Crippen molar-refractivity contribution >= 4 is 34.9 Å². The van der Waals surface area contributed by atoms with E-state index < -0.39 is 76.3 Å². The summed E-state index contributed by atoms with van der Waals surface area (Å²) >= 11 is 0. The molecule has 3 aliphatic carbocycles. The van der Waals surface area contributed by atoms with Crippen LogP contribution in [0, 0.1) is 23.7 Å². The predicted molar refractivity (Wildman–Crippen MR) is 184 cm³/mol. The van der Waals surface area contributed by atoms with E-state index in [1.807, 2.05) is 0 Å². The number of likely N-dealkylation sites (tertiary alicyclic amines) is 1. The van der Waals surface area contributed by atoms with Gasteiger partial charge in [0, 0.05) is 35.9 Å². The zero-order chi connectivity index (χ0) is 37.7. The molecule has 4 aliphatic rings. The fourth-order valence-corrected chi connectivity index (χ4v) is 9.19. The number of hydrogen-bond acceptors (Lipinski definition) is 7. The number of halogens is 3. The van der Waals surface area contributed by atoms with Crippen LogP contribution in [-0.4, -0.2) is 57.4 Å². The molecule has 12 heteroatoms. The van der Waals surface area contributed by atoms with Crippen LogP contribution >= 0.6 is 0 Å². The number of hydrogen-bond donors (Lipinski definition) is 2. The first-order valence-corrected chi connectivity index (χ1v) is 17.6. The number of alkyl halides is 3. The monoisotopic (exact) mass is 727 g/mol. The van der Waals surface area contributed by atoms with Crippen molar-refractivity contribution in [2.45, 2.75) is 56.2 Å². The summed E-state index contributed by atoms with van der Waals surface area (Å²) in [4.78, 5) is 70.2. The van der Waals surface area contributed by atoms with Gasteiger partial charge in [0.05, 0.1) is 17.3 Å². The Bertz CT molecular complexity index is 2040. The maximum absolute atomic E-state index is 15.1. The largest absolute Gasteiger partial charge is 0.573 e. The Morgan fingerprint density at radius 1 is 0.887 bits per heavy atom. The number of ketones is 2. The number of nitrogens with zero attached hydrogens (tertiary/aromatic N) is 1. The number of benzene rings is 3. The molecule has 3 aromatic carbocycles. The van der Waals surface area contributed by atoms with Gasteiger partial charge in [-0.3, -0.25) is 28.9 Å². The third kappa shape index (κ3) is 6.23. The molecule has 3 aromatic rings. The van der Waals surface area contributed by atoms with Crippen LogP contribution in [0.4, 0.5) is 13.2 Å². The van der Waals surface area contributed by atoms with Gasteiger partial charge in [-0.25, -0.2) is 0 Å². The van der Waals surface area contributed by atoms with Crippen LogP contribution in [0.3, 0.4) is 0 Å². The lowest BCUT2D eigenvalue weighted by atomic mass is 9.44. The zero-order valence-electron chi connectivity index (χ0n) is 28.4. The zero-order valence-corrected chi connectivity index (χ0v) is 28.4. The standard InChI is InChI=1S/C41H36F3NO8/c42-41(43,44)53-25-15-18-32(46)30(20-25)36-26-16-17-27-35(39(52)45(38(27)51)19-9-3-8-14-34(48)49)29(26)21-31-37(50)28(23-10-4-1-5-11-23)22-33(47)40(31,36)24-12-6-2-7-13-24/h1-2,4-7,10-13,15-16,18,20,22,27,29,31,35-36,46H,3,8-9,14,17,19,21H2,(H,48,49)/t27-,29+,31-,35-,36+,40-/m0/s1. The molecule has 0 bridgehead atoms. The minimum Gasteiger partial charge on any atom is -0.508 e. The third-order valence-corrected chi connectivity index (χ3v) is 11.3. The lowest BCUT2D eigenvalue weighted by molar-refractivity contribution is -0.274. The Hall–Kier alpha value is -5.52. The van der Waals surface area contributed by atoms with Gasteiger partial charge in [0.1, 0.15) is 11.5 Å². The number of carbonyl (C=O) groups is 5. The number of fused-ring (bicyclic) bond motifs is 4. The van der Waals surface area contributed by atoms with Crippen LogP contribution in [0.2, 0.25) is 0 Å². The first-order valence-electron chi connectivity index (χ1n) is 17.6. The van der Waals surface area contributed by atoms with Crippen molar-refractivity contribution in [2.24, 2.45) is 23.7 Å². The van der Waals surface area contributed by atoms with E-state index in [-0.39, 0.29) is 42.9 Å². The number of carboxylic acids is 1. The number of carbonyl (C=O) groups excluding carboxylic acids is 4. The number of Topliss-reactive ketones (excluding diaryl/α,β-unsaturated/α-hetero) is 1. The van der Waals surface area contributed by atoms with E-state index in [1.165, 1.54) is 11.0 Å². The molecular formula is C41H36F3NO8. The van der Waals surface area contributed by atoms with Crippen LogP contribution in [-0.2, 0) is 29.4 Å². The SMILES string of the molecule is O=C(O)CCCCCN1C(=O)[C@H]2[C@H](CC=C3[C@H]2C[C@H]2C(=O)C(c4ccccc4)=CC(=O)[C@@]2(c2ccccc2)[C@H]3c2cc(OC(F)(F)F)ccc2O)C1=O. The molecule has 2 fully saturated rings. The molecule has 7 rings (SSSR count). The highest BCUT2D eigenvalue weighted by molar-refractivity contribution is 6.31. The highest BCUT2D eigenvalue weighted by Crippen LogP contribution is 2.64. The summed E-state index contributed by atoms with van der Waals surface area (Å²) in [6.07, 6.45) is -0.736. The molecular weight excluding hydrogens is 691 g/mol. The third-order valence-electron chi connectivity index (χ3n) is 11.3. The summed E-state index contributed by atoms with van der Waals surface area (Å²) in [6.45, 7) is 0.0864. The minimum absolute atomic E-state index is 0.0158. The van der Waals surface area contributed by atoms with Gasteiger partial charge in [-0.1, -0.05) is 78.7 Å². The van der Waals surface area contributed by atoms with Crippen molar-refractivity contribution in [3.05, 3.63) is 113 Å². The van der Waals surface area contributed by atoms with Gasteiger partial charge >= 0.3 is 12.3 Å². The Balaban J connectivity index is 1.40. The predicted octanol–water partition coefficient (Wildman–Crippen LogP) is 6.76. The molecule has 1 saturated heterocycles. The van der Waals surface area contributed by atoms with E-state index in [4.69, 9.17) is 5.11 Å². The quantitative estimate of drug-likeness (QED) is 0.133. The van der Waals surface area contributed by atoms with E-state index in [9.17, 15) is 37.5 Å². The highest BCUT2D eigenvalue weighted by atomic mass is 19.4. The molecule has 0 aromatic heterocycles. The number of phenols is 1. The molecule has 2 amide bonds. The number of phenolic OH excluding ortho intramolecular Hbond substituents is 1. The van der Waals surface area contributed by atoms with Gasteiger partial charge in [-0.2, -0.15) is 0 Å². The van der Waals surface area contributed by atoms with Crippen molar-refractivity contribution in [2.75, 3.05) is 6.54 Å². The average molecular weight is 728 g/mol. The van der Waals surface area contributed by atoms with Gasteiger partial charge in [-0.15, -0.1) is 13.2 Å². The molecule has 53 heavy (non-hydrogen) atoms. The van der Waals surface area contributed by atoms with E-state index >= 15 is 4.79 Å². The normalized spacial score (nSPS) is 26.7. The number of aliphatic carboxylic acids is 1. The molecule has 274 valence electrons. The number of amides is 2. The number of aromatic hydroxyl groups is 1. The lowest BCUT2D eigenvalue weighted by Crippen LogP contribution is -2.58. The van der Waals surface area contributed by atoms with E-state index in [2.05, 4.69) is 4.74 Å². The number of unbranched alkanes of at least 4 members (excludes halogenated alkanes) is 2. The second-order valence-corrected chi connectivity index (χ2v) is 14.1. The van der Waals surface area contributed by atoms with Gasteiger partial charge in [-0.05, 0) is 67.0 Å². The minimum atomic E-state index is -5.07. The van der Waals surface area contributed by atoms with Crippen LogP contribution in [0.15, 0.2) is 96.6 Å². The summed E-state index contributed by atoms with van der Waals surface area (Å²) < 4.78 is 44.9. The van der Waals surface area contributed by atoms with Crippen LogP contribution in [0.5, 0.6) is 11.5 Å². The smallest absolute Gasteiger partial charge is 0.508 e. The Labute approximate surface area is 302 Å². The van der Waals surface area contributed by atoms with Gasteiger partial charge in [0.15, 0.2) is 11.6 Å². The molecule has 6 atom stereocenters. The van der Waals surface area contributed by atoms with E-state index in [0.29, 0.717) is 36.0 Å². The van der Waals surface area contributed by atoms with Crippen molar-refractivity contribution in [3.8, 4) is 11.5 Å². The number of rotatable bonds is 10. The van der Waals surface area contributed by atoms with Crippen molar-refractivity contribution in [1.29, 1.82) is 0 Å². The molecule has 0 unspecified atom stereocenters. The van der Waals surface area contributed by atoms with Crippen molar-refractivity contribution in [3.63, 3.8) is 0 Å². The van der Waals surface area contributed by atoms with Gasteiger partial charge in [0.2, 0.25) is 11.8 Å². The van der Waals surface area contributed by atoms with E-state index in [1.54, 1.807) is 66.7 Å². The van der Waals surface area contributed by atoms with Crippen molar-refractivity contribution in [1.82, 2.24) is 4.90 Å². The summed E-state index contributed by atoms with van der Waals surface area (Å²) in [7, 11) is 0. The van der Waals surface area contributed by atoms with Gasteiger partial charge < -0.3 is 14.9 Å². The second-order valence-electron chi connectivity index (χ2n) is 14.1. The van der Waals surface area contributed by atoms with E-state index in [0.717, 1.165) is 18.2 Å². The Morgan fingerprint density at radius 2 is 1.58 bits per heavy atom. The molecule has 1 saturated carbocycles. The summed E-state index contributed by atoms with van der Waals surface area (Å²) in [6, 6.07) is 20.2. The summed E-state index contributed by atoms with van der Waals surface area (Å²) in [5.74, 6) is -8.61. The molecule has 1 heterocycles. The fraction of sp³-hybridized carbons (Fsp3) is 0.341. The summed E-state index contributed by atoms with van der Waals surface area (Å²) in [5, 5.41) is 20.5. The van der Waals surface area contributed by atoms with Crippen LogP contribution < -0.4 is 4.74 Å². The highest BCUT2D eigenvalue weighted by Gasteiger charge is 2.66. The number of imide groups is 1. The second kappa shape index (κ2) is 13.8.